The second-order valence-corrected chi connectivity index (χ2v) is 8.35. The van der Waals surface area contributed by atoms with Gasteiger partial charge in [-0.25, -0.2) is 4.79 Å². The topological polar surface area (TPSA) is 98.7 Å². The normalized spacial score (nSPS) is 16.9. The maximum atomic E-state index is 12.5. The largest absolute Gasteiger partial charge is 0.497 e. The van der Waals surface area contributed by atoms with Gasteiger partial charge in [0.2, 0.25) is 0 Å². The van der Waals surface area contributed by atoms with Gasteiger partial charge in [-0.15, -0.1) is 0 Å². The summed E-state index contributed by atoms with van der Waals surface area (Å²) in [6.07, 6.45) is 3.23. The number of piperidine rings is 1. The van der Waals surface area contributed by atoms with Crippen molar-refractivity contribution in [1.29, 1.82) is 0 Å². The average Bonchev–Trinajstić information content (AvgIpc) is 3.23. The van der Waals surface area contributed by atoms with Gasteiger partial charge in [0.05, 0.1) is 13.7 Å². The van der Waals surface area contributed by atoms with Crippen molar-refractivity contribution in [3.8, 4) is 11.5 Å². The van der Waals surface area contributed by atoms with E-state index in [4.69, 9.17) is 19.0 Å². The Kier molecular flexibility index (Phi) is 7.51. The highest BCUT2D eigenvalue weighted by molar-refractivity contribution is 5.78. The number of methoxy groups -OCH3 is 1. The molecule has 2 aromatic carbocycles. The molecule has 0 atom stereocenters. The molecule has 0 radical (unpaired) electrons. The van der Waals surface area contributed by atoms with E-state index in [-0.39, 0.29) is 18.6 Å². The molecule has 4 rings (SSSR count). The summed E-state index contributed by atoms with van der Waals surface area (Å²) in [5.41, 5.74) is 1.60. The third-order valence-electron chi connectivity index (χ3n) is 6.04. The Labute approximate surface area is 198 Å². The second-order valence-electron chi connectivity index (χ2n) is 8.35. The third-order valence-corrected chi connectivity index (χ3v) is 6.04. The van der Waals surface area contributed by atoms with Gasteiger partial charge in [-0.2, -0.15) is 0 Å². The highest BCUT2D eigenvalue weighted by Crippen LogP contribution is 2.29. The number of hydrogen-bond acceptors (Lipinski definition) is 7. The van der Waals surface area contributed by atoms with E-state index in [1.807, 2.05) is 48.5 Å². The summed E-state index contributed by atoms with van der Waals surface area (Å²) >= 11 is 0. The van der Waals surface area contributed by atoms with E-state index in [2.05, 4.69) is 10.5 Å². The van der Waals surface area contributed by atoms with E-state index in [1.165, 1.54) is 0 Å². The molecule has 2 aromatic rings. The zero-order chi connectivity index (χ0) is 23.8. The Hall–Kier alpha value is -3.75. The summed E-state index contributed by atoms with van der Waals surface area (Å²) in [6.45, 7) is 1.98. The fourth-order valence-corrected chi connectivity index (χ4v) is 3.93. The maximum Gasteiger partial charge on any atom is 0.407 e. The Bertz CT molecular complexity index is 998. The number of hydrogen-bond donors (Lipinski definition) is 1. The molecule has 34 heavy (non-hydrogen) atoms. The van der Waals surface area contributed by atoms with Crippen molar-refractivity contribution in [3.05, 3.63) is 59.7 Å². The predicted octanol–water partition coefficient (Wildman–Crippen LogP) is 2.92. The van der Waals surface area contributed by atoms with Gasteiger partial charge in [0, 0.05) is 38.6 Å². The van der Waals surface area contributed by atoms with Crippen LogP contribution < -0.4 is 14.8 Å². The van der Waals surface area contributed by atoms with E-state index in [9.17, 15) is 9.59 Å². The zero-order valence-corrected chi connectivity index (χ0v) is 19.2. The minimum atomic E-state index is -0.464. The van der Waals surface area contributed by atoms with Crippen LogP contribution in [0.1, 0.15) is 24.0 Å². The van der Waals surface area contributed by atoms with E-state index >= 15 is 0 Å². The summed E-state index contributed by atoms with van der Waals surface area (Å²) in [6, 6.07) is 15.2. The minimum absolute atomic E-state index is 0.0228. The summed E-state index contributed by atoms with van der Waals surface area (Å²) in [5, 5.41) is 6.70. The Balaban J connectivity index is 1.14. The van der Waals surface area contributed by atoms with E-state index in [0.717, 1.165) is 16.9 Å². The highest BCUT2D eigenvalue weighted by Gasteiger charge is 2.43. The van der Waals surface area contributed by atoms with Crippen LogP contribution in [0.25, 0.3) is 0 Å². The van der Waals surface area contributed by atoms with Gasteiger partial charge in [-0.3, -0.25) is 4.79 Å². The molecule has 2 saturated heterocycles. The SMILES string of the molecule is COc1ccc(CON=CCc2ccc(OCC(=O)N3CCC4(CC3)CNC(=O)O4)cc2)cc1. The van der Waals surface area contributed by atoms with E-state index < -0.39 is 5.60 Å². The molecule has 0 aliphatic carbocycles. The van der Waals surface area contributed by atoms with Crippen molar-refractivity contribution in [1.82, 2.24) is 10.2 Å². The van der Waals surface area contributed by atoms with Crippen LogP contribution in [0.2, 0.25) is 0 Å². The van der Waals surface area contributed by atoms with Gasteiger partial charge >= 0.3 is 6.09 Å². The quantitative estimate of drug-likeness (QED) is 0.450. The maximum absolute atomic E-state index is 12.5. The number of benzene rings is 2. The lowest BCUT2D eigenvalue weighted by molar-refractivity contribution is -0.136. The summed E-state index contributed by atoms with van der Waals surface area (Å²) in [4.78, 5) is 30.9. The standard InChI is InChI=1S/C25H29N3O6/c1-31-21-6-4-20(5-7-21)16-33-27-13-10-19-2-8-22(9-3-19)32-17-23(29)28-14-11-25(12-15-28)18-26-24(30)34-25/h2-9,13H,10-12,14-18H2,1H3,(H,26,30). The minimum Gasteiger partial charge on any atom is -0.497 e. The van der Waals surface area contributed by atoms with Crippen molar-refractivity contribution in [3.63, 3.8) is 0 Å². The molecule has 0 aromatic heterocycles. The summed E-state index contributed by atoms with van der Waals surface area (Å²) in [5.74, 6) is 1.36. The highest BCUT2D eigenvalue weighted by atomic mass is 16.6. The van der Waals surface area contributed by atoms with Crippen LogP contribution in [0, 0.1) is 0 Å². The van der Waals surface area contributed by atoms with Crippen molar-refractivity contribution in [2.45, 2.75) is 31.5 Å². The Morgan fingerprint density at radius 3 is 2.41 bits per heavy atom. The van der Waals surface area contributed by atoms with Crippen LogP contribution in [0.3, 0.4) is 0 Å². The molecule has 180 valence electrons. The predicted molar refractivity (Wildman–Crippen MR) is 125 cm³/mol. The monoisotopic (exact) mass is 467 g/mol. The van der Waals surface area contributed by atoms with Crippen molar-refractivity contribution in [2.75, 3.05) is 33.4 Å². The van der Waals surface area contributed by atoms with Crippen LogP contribution in [0.4, 0.5) is 4.79 Å². The number of carbonyl (C=O) groups is 2. The molecule has 1 spiro atoms. The number of ether oxygens (including phenoxy) is 3. The third kappa shape index (κ3) is 6.18. The first-order valence-corrected chi connectivity index (χ1v) is 11.3. The molecule has 2 amide bonds. The van der Waals surface area contributed by atoms with Gasteiger partial charge in [0.15, 0.2) is 6.61 Å². The summed E-state index contributed by atoms with van der Waals surface area (Å²) in [7, 11) is 1.63. The smallest absolute Gasteiger partial charge is 0.407 e. The molecule has 0 bridgehead atoms. The molecule has 2 aliphatic heterocycles. The molecule has 9 heteroatoms. The second kappa shape index (κ2) is 10.9. The van der Waals surface area contributed by atoms with Crippen LogP contribution in [0.15, 0.2) is 53.7 Å². The van der Waals surface area contributed by atoms with Crippen LogP contribution in [-0.4, -0.2) is 62.1 Å². The van der Waals surface area contributed by atoms with E-state index in [0.29, 0.717) is 51.3 Å². The van der Waals surface area contributed by atoms with E-state index in [1.54, 1.807) is 18.2 Å². The lowest BCUT2D eigenvalue weighted by Gasteiger charge is -2.37. The number of likely N-dealkylation sites (tertiary alicyclic amines) is 1. The molecule has 2 heterocycles. The molecule has 2 fully saturated rings. The van der Waals surface area contributed by atoms with Gasteiger partial charge in [0.1, 0.15) is 23.7 Å². The van der Waals surface area contributed by atoms with Crippen molar-refractivity contribution in [2.24, 2.45) is 5.16 Å². The Morgan fingerprint density at radius 2 is 1.76 bits per heavy atom. The zero-order valence-electron chi connectivity index (χ0n) is 19.2. The first-order valence-electron chi connectivity index (χ1n) is 11.3. The van der Waals surface area contributed by atoms with Gasteiger partial charge in [-0.05, 0) is 35.4 Å². The lowest BCUT2D eigenvalue weighted by Crippen LogP contribution is -2.49. The van der Waals surface area contributed by atoms with Crippen LogP contribution in [0.5, 0.6) is 11.5 Å². The summed E-state index contributed by atoms with van der Waals surface area (Å²) < 4.78 is 16.2. The number of carbonyl (C=O) groups excluding carboxylic acids is 2. The number of alkyl carbamates (subject to hydrolysis) is 1. The first-order chi connectivity index (χ1) is 16.5. The van der Waals surface area contributed by atoms with Gasteiger partial charge < -0.3 is 29.3 Å². The number of rotatable bonds is 9. The fraction of sp³-hybridized carbons (Fsp3) is 0.400. The molecular weight excluding hydrogens is 438 g/mol. The molecule has 9 nitrogen and oxygen atoms in total. The van der Waals surface area contributed by atoms with Gasteiger partial charge in [0.25, 0.3) is 5.91 Å². The van der Waals surface area contributed by atoms with Crippen LogP contribution in [-0.2, 0) is 27.4 Å². The van der Waals surface area contributed by atoms with Crippen molar-refractivity contribution >= 4 is 18.2 Å². The molecule has 1 N–H and O–H groups in total. The fourth-order valence-electron chi connectivity index (χ4n) is 3.93. The number of oxime groups is 1. The van der Waals surface area contributed by atoms with Gasteiger partial charge in [-0.1, -0.05) is 29.4 Å². The number of nitrogens with zero attached hydrogens (tertiary/aromatic N) is 2. The molecule has 2 aliphatic rings. The van der Waals surface area contributed by atoms with Crippen LogP contribution >= 0.6 is 0 Å². The number of nitrogens with one attached hydrogen (secondary N) is 1. The number of amides is 2. The molecule has 0 unspecified atom stereocenters. The molecular formula is C25H29N3O6. The first kappa shape index (κ1) is 23.4. The average molecular weight is 468 g/mol. The molecule has 0 saturated carbocycles. The lowest BCUT2D eigenvalue weighted by atomic mass is 9.91. The Morgan fingerprint density at radius 1 is 1.09 bits per heavy atom. The van der Waals surface area contributed by atoms with Crippen molar-refractivity contribution < 1.29 is 28.6 Å².